The quantitative estimate of drug-likeness (QED) is 0.856. The fourth-order valence-electron chi connectivity index (χ4n) is 2.20. The Hall–Kier alpha value is -1.46. The number of methoxy groups -OCH3 is 1. The maximum atomic E-state index is 14.1. The van der Waals surface area contributed by atoms with Crippen molar-refractivity contribution in [2.24, 2.45) is 0 Å². The highest BCUT2D eigenvalue weighted by Gasteiger charge is 2.20. The second kappa shape index (κ2) is 7.00. The third kappa shape index (κ3) is 3.60. The minimum absolute atomic E-state index is 0.269. The number of rotatable bonds is 5. The van der Waals surface area contributed by atoms with Crippen molar-refractivity contribution in [1.82, 2.24) is 5.32 Å². The average Bonchev–Trinajstić information content (AvgIpc) is 2.48. The van der Waals surface area contributed by atoms with E-state index in [4.69, 9.17) is 4.74 Å². The Morgan fingerprint density at radius 1 is 1.14 bits per heavy atom. The monoisotopic (exact) mass is 355 g/mol. The first-order valence-corrected chi connectivity index (χ1v) is 7.38. The molecule has 0 amide bonds. The molecule has 0 fully saturated rings. The van der Waals surface area contributed by atoms with Crippen molar-refractivity contribution in [1.29, 1.82) is 0 Å². The highest BCUT2D eigenvalue weighted by atomic mass is 79.9. The summed E-state index contributed by atoms with van der Waals surface area (Å²) in [6, 6.07) is 8.45. The van der Waals surface area contributed by atoms with Gasteiger partial charge >= 0.3 is 0 Å². The van der Waals surface area contributed by atoms with Crippen LogP contribution in [0.15, 0.2) is 40.9 Å². The molecule has 0 bridgehead atoms. The van der Waals surface area contributed by atoms with Crippen molar-refractivity contribution < 1.29 is 13.5 Å². The lowest BCUT2D eigenvalue weighted by molar-refractivity contribution is 0.413. The van der Waals surface area contributed by atoms with Crippen LogP contribution in [0.3, 0.4) is 0 Å². The first-order valence-electron chi connectivity index (χ1n) is 6.58. The highest BCUT2D eigenvalue weighted by Crippen LogP contribution is 2.33. The van der Waals surface area contributed by atoms with Gasteiger partial charge < -0.3 is 10.1 Å². The lowest BCUT2D eigenvalue weighted by Crippen LogP contribution is -2.23. The van der Waals surface area contributed by atoms with E-state index in [0.29, 0.717) is 12.3 Å². The zero-order valence-corrected chi connectivity index (χ0v) is 13.4. The normalized spacial score (nSPS) is 12.2. The summed E-state index contributed by atoms with van der Waals surface area (Å²) in [4.78, 5) is 0. The van der Waals surface area contributed by atoms with Crippen LogP contribution >= 0.6 is 15.9 Å². The zero-order chi connectivity index (χ0) is 15.4. The molecule has 1 N–H and O–H groups in total. The van der Waals surface area contributed by atoms with Gasteiger partial charge in [-0.25, -0.2) is 8.78 Å². The Kier molecular flexibility index (Phi) is 5.31. The summed E-state index contributed by atoms with van der Waals surface area (Å²) in [6.45, 7) is 2.53. The first kappa shape index (κ1) is 15.9. The molecule has 0 radical (unpaired) electrons. The van der Waals surface area contributed by atoms with Crippen molar-refractivity contribution in [3.8, 4) is 5.75 Å². The summed E-state index contributed by atoms with van der Waals surface area (Å²) in [5.41, 5.74) is 1.06. The van der Waals surface area contributed by atoms with Gasteiger partial charge in [0.05, 0.1) is 13.2 Å². The number of hydrogen-bond acceptors (Lipinski definition) is 2. The van der Waals surface area contributed by atoms with Gasteiger partial charge in [0.15, 0.2) is 0 Å². The average molecular weight is 356 g/mol. The van der Waals surface area contributed by atoms with Crippen LogP contribution in [-0.2, 0) is 0 Å². The Bertz CT molecular complexity index is 634. The fourth-order valence-corrected chi connectivity index (χ4v) is 2.67. The molecule has 0 saturated heterocycles. The SMILES string of the molecule is CCNC(c1cc(F)ccc1F)c1cc(OC)ccc1Br. The molecule has 112 valence electrons. The topological polar surface area (TPSA) is 21.3 Å². The van der Waals surface area contributed by atoms with Crippen LogP contribution in [0.2, 0.25) is 0 Å². The molecule has 0 aromatic heterocycles. The standard InChI is InChI=1S/C16H16BrF2NO/c1-3-20-16(13-8-10(18)4-7-15(13)19)12-9-11(21-2)5-6-14(12)17/h4-9,16,20H,3H2,1-2H3. The summed E-state index contributed by atoms with van der Waals surface area (Å²) in [5, 5.41) is 3.18. The minimum atomic E-state index is -0.465. The van der Waals surface area contributed by atoms with Gasteiger partial charge in [-0.1, -0.05) is 22.9 Å². The molecule has 2 nitrogen and oxygen atoms in total. The Balaban J connectivity index is 2.55. The third-order valence-electron chi connectivity index (χ3n) is 3.19. The molecule has 2 aromatic carbocycles. The number of hydrogen-bond donors (Lipinski definition) is 1. The second-order valence-corrected chi connectivity index (χ2v) is 5.40. The van der Waals surface area contributed by atoms with Crippen LogP contribution < -0.4 is 10.1 Å². The summed E-state index contributed by atoms with van der Waals surface area (Å²) >= 11 is 3.46. The van der Waals surface area contributed by atoms with Crippen molar-refractivity contribution in [3.05, 3.63) is 63.6 Å². The Morgan fingerprint density at radius 2 is 1.90 bits per heavy atom. The van der Waals surface area contributed by atoms with Gasteiger partial charge in [-0.15, -0.1) is 0 Å². The molecule has 1 unspecified atom stereocenters. The van der Waals surface area contributed by atoms with Crippen LogP contribution in [0.5, 0.6) is 5.75 Å². The lowest BCUT2D eigenvalue weighted by atomic mass is 9.97. The molecule has 1 atom stereocenters. The summed E-state index contributed by atoms with van der Waals surface area (Å²) in [5.74, 6) is -0.252. The van der Waals surface area contributed by atoms with E-state index in [2.05, 4.69) is 21.2 Å². The van der Waals surface area contributed by atoms with Gasteiger partial charge in [-0.3, -0.25) is 0 Å². The highest BCUT2D eigenvalue weighted by molar-refractivity contribution is 9.10. The predicted octanol–water partition coefficient (Wildman–Crippen LogP) is 4.43. The fraction of sp³-hybridized carbons (Fsp3) is 0.250. The van der Waals surface area contributed by atoms with Gasteiger partial charge in [0.25, 0.3) is 0 Å². The smallest absolute Gasteiger partial charge is 0.128 e. The van der Waals surface area contributed by atoms with Crippen molar-refractivity contribution >= 4 is 15.9 Å². The van der Waals surface area contributed by atoms with E-state index < -0.39 is 17.7 Å². The summed E-state index contributed by atoms with van der Waals surface area (Å²) < 4.78 is 33.6. The number of nitrogens with one attached hydrogen (secondary N) is 1. The van der Waals surface area contributed by atoms with Crippen molar-refractivity contribution in [3.63, 3.8) is 0 Å². The molecule has 2 aromatic rings. The summed E-state index contributed by atoms with van der Waals surface area (Å²) in [7, 11) is 1.57. The van der Waals surface area contributed by atoms with Gasteiger partial charge in [-0.05, 0) is 48.5 Å². The molecule has 5 heteroatoms. The van der Waals surface area contributed by atoms with Crippen LogP contribution in [0.1, 0.15) is 24.1 Å². The second-order valence-electron chi connectivity index (χ2n) is 4.54. The van der Waals surface area contributed by atoms with Gasteiger partial charge in [0, 0.05) is 10.0 Å². The number of halogens is 3. The third-order valence-corrected chi connectivity index (χ3v) is 3.91. The predicted molar refractivity (Wildman–Crippen MR) is 82.6 cm³/mol. The molecule has 2 rings (SSSR count). The lowest BCUT2D eigenvalue weighted by Gasteiger charge is -2.21. The van der Waals surface area contributed by atoms with Gasteiger partial charge in [0.1, 0.15) is 17.4 Å². The maximum absolute atomic E-state index is 14.1. The van der Waals surface area contributed by atoms with Crippen LogP contribution in [0.25, 0.3) is 0 Å². The zero-order valence-electron chi connectivity index (χ0n) is 11.8. The van der Waals surface area contributed by atoms with E-state index in [1.807, 2.05) is 19.1 Å². The molecular formula is C16H16BrF2NO. The van der Waals surface area contributed by atoms with Crippen molar-refractivity contribution in [2.75, 3.05) is 13.7 Å². The molecular weight excluding hydrogens is 340 g/mol. The molecule has 0 saturated carbocycles. The van der Waals surface area contributed by atoms with Crippen LogP contribution in [0.4, 0.5) is 8.78 Å². The Morgan fingerprint density at radius 3 is 2.57 bits per heavy atom. The Labute approximate surface area is 131 Å². The van der Waals surface area contributed by atoms with Crippen LogP contribution in [0, 0.1) is 11.6 Å². The van der Waals surface area contributed by atoms with E-state index in [-0.39, 0.29) is 5.56 Å². The van der Waals surface area contributed by atoms with E-state index in [0.717, 1.165) is 22.2 Å². The van der Waals surface area contributed by atoms with Gasteiger partial charge in [-0.2, -0.15) is 0 Å². The minimum Gasteiger partial charge on any atom is -0.497 e. The van der Waals surface area contributed by atoms with Crippen LogP contribution in [-0.4, -0.2) is 13.7 Å². The van der Waals surface area contributed by atoms with Gasteiger partial charge in [0.2, 0.25) is 0 Å². The molecule has 0 aliphatic carbocycles. The van der Waals surface area contributed by atoms with Crippen molar-refractivity contribution in [2.45, 2.75) is 13.0 Å². The number of ether oxygens (including phenoxy) is 1. The molecule has 0 aliphatic heterocycles. The molecule has 21 heavy (non-hydrogen) atoms. The molecule has 0 spiro atoms. The van der Waals surface area contributed by atoms with E-state index in [1.54, 1.807) is 13.2 Å². The molecule has 0 aliphatic rings. The first-order chi connectivity index (χ1) is 10.1. The largest absolute Gasteiger partial charge is 0.497 e. The van der Waals surface area contributed by atoms with E-state index in [9.17, 15) is 8.78 Å². The number of benzene rings is 2. The maximum Gasteiger partial charge on any atom is 0.128 e. The van der Waals surface area contributed by atoms with E-state index in [1.165, 1.54) is 6.07 Å². The summed E-state index contributed by atoms with van der Waals surface area (Å²) in [6.07, 6.45) is 0. The van der Waals surface area contributed by atoms with E-state index >= 15 is 0 Å². The molecule has 0 heterocycles.